The number of aliphatic hydroxyl groups excluding tert-OH is 1. The molecular formula is C13H20N2O2S2. The number of anilines is 2. The number of rotatable bonds is 4. The summed E-state index contributed by atoms with van der Waals surface area (Å²) in [5.41, 5.74) is 6.72. The van der Waals surface area contributed by atoms with Gasteiger partial charge in [-0.2, -0.15) is 0 Å². The molecule has 0 amide bonds. The lowest BCUT2D eigenvalue weighted by atomic mass is 10.1. The zero-order valence-electron chi connectivity index (χ0n) is 11.3. The van der Waals surface area contributed by atoms with Crippen molar-refractivity contribution in [2.24, 2.45) is 0 Å². The van der Waals surface area contributed by atoms with E-state index in [1.165, 1.54) is 11.3 Å². The second kappa shape index (κ2) is 6.15. The summed E-state index contributed by atoms with van der Waals surface area (Å²) in [6.45, 7) is 3.40. The molecule has 0 bridgehead atoms. The zero-order chi connectivity index (χ0) is 14.0. The number of nitrogens with two attached hydrogens (primary N) is 1. The molecule has 106 valence electrons. The van der Waals surface area contributed by atoms with E-state index in [2.05, 4.69) is 4.90 Å². The second-order valence-corrected chi connectivity index (χ2v) is 6.52. The third-order valence-corrected chi connectivity index (χ3v) is 5.60. The minimum atomic E-state index is -0.280. The summed E-state index contributed by atoms with van der Waals surface area (Å²) >= 11 is 3.05. The molecule has 1 atom stereocenters. The normalized spacial score (nSPS) is 19.7. The number of Topliss-reactive ketones (excluding diaryl/α,β-unsaturated/α-hetero) is 1. The van der Waals surface area contributed by atoms with Gasteiger partial charge in [-0.15, -0.1) is 23.1 Å². The van der Waals surface area contributed by atoms with E-state index >= 15 is 0 Å². The predicted molar refractivity (Wildman–Crippen MR) is 82.6 cm³/mol. The van der Waals surface area contributed by atoms with Crippen LogP contribution in [0.5, 0.6) is 0 Å². The van der Waals surface area contributed by atoms with E-state index < -0.39 is 0 Å². The molecule has 2 rings (SSSR count). The fraction of sp³-hybridized carbons (Fsp3) is 0.615. The summed E-state index contributed by atoms with van der Waals surface area (Å²) in [6, 6.07) is 0. The molecule has 4 nitrogen and oxygen atoms in total. The number of nitrogens with zero attached hydrogens (tertiary/aromatic N) is 1. The van der Waals surface area contributed by atoms with E-state index in [1.807, 2.05) is 13.2 Å². The van der Waals surface area contributed by atoms with Crippen LogP contribution in [-0.2, 0) is 0 Å². The van der Waals surface area contributed by atoms with E-state index in [9.17, 15) is 9.90 Å². The Balaban J connectivity index is 2.36. The van der Waals surface area contributed by atoms with Crippen LogP contribution in [0.1, 0.15) is 35.9 Å². The summed E-state index contributed by atoms with van der Waals surface area (Å²) in [7, 11) is 0. The Kier molecular flexibility index (Phi) is 4.76. The molecule has 0 aromatic carbocycles. The number of β-amino-alcohol motifs (C(OH)–C–C–N with tert-alkyl or cyclic N) is 1. The van der Waals surface area contributed by atoms with Gasteiger partial charge >= 0.3 is 0 Å². The van der Waals surface area contributed by atoms with Crippen molar-refractivity contribution in [1.29, 1.82) is 0 Å². The number of carbonyl (C=O) groups is 1. The molecule has 1 aromatic heterocycles. The highest BCUT2D eigenvalue weighted by molar-refractivity contribution is 7.99. The molecule has 1 aliphatic heterocycles. The minimum absolute atomic E-state index is 0.0987. The van der Waals surface area contributed by atoms with Crippen molar-refractivity contribution >= 4 is 39.6 Å². The molecule has 0 radical (unpaired) electrons. The molecule has 1 aliphatic rings. The summed E-state index contributed by atoms with van der Waals surface area (Å²) < 4.78 is 0. The largest absolute Gasteiger partial charge is 0.396 e. The maximum atomic E-state index is 11.9. The first-order valence-corrected chi connectivity index (χ1v) is 8.55. The average Bonchev–Trinajstić information content (AvgIpc) is 2.75. The van der Waals surface area contributed by atoms with Crippen LogP contribution >= 0.6 is 23.1 Å². The second-order valence-electron chi connectivity index (χ2n) is 4.70. The smallest absolute Gasteiger partial charge is 0.174 e. The summed E-state index contributed by atoms with van der Waals surface area (Å²) in [4.78, 5) is 15.7. The van der Waals surface area contributed by atoms with Crippen LogP contribution in [0.2, 0.25) is 0 Å². The molecule has 1 unspecified atom stereocenters. The van der Waals surface area contributed by atoms with Crippen molar-refractivity contribution < 1.29 is 9.90 Å². The lowest BCUT2D eigenvalue weighted by molar-refractivity contribution is 0.0992. The first kappa shape index (κ1) is 14.7. The summed E-state index contributed by atoms with van der Waals surface area (Å²) in [5, 5.41) is 10.8. The Bertz CT molecular complexity index is 473. The Labute approximate surface area is 122 Å². The topological polar surface area (TPSA) is 66.6 Å². The number of nitrogen functional groups attached to an aromatic ring is 1. The van der Waals surface area contributed by atoms with Crippen molar-refractivity contribution in [3.05, 3.63) is 4.88 Å². The molecule has 2 heterocycles. The SMILES string of the molecule is CCC(=O)c1sc(N2CCCC(O)C2)c(SC)c1N. The molecule has 6 heteroatoms. The maximum absolute atomic E-state index is 11.9. The van der Waals surface area contributed by atoms with Gasteiger partial charge in [0.15, 0.2) is 5.78 Å². The molecule has 19 heavy (non-hydrogen) atoms. The van der Waals surface area contributed by atoms with Gasteiger partial charge in [0.1, 0.15) is 5.00 Å². The number of hydrogen-bond donors (Lipinski definition) is 2. The maximum Gasteiger partial charge on any atom is 0.174 e. The van der Waals surface area contributed by atoms with Gasteiger partial charge in [0.2, 0.25) is 0 Å². The Morgan fingerprint density at radius 3 is 2.95 bits per heavy atom. The highest BCUT2D eigenvalue weighted by Crippen LogP contribution is 2.44. The van der Waals surface area contributed by atoms with Crippen LogP contribution in [0.25, 0.3) is 0 Å². The van der Waals surface area contributed by atoms with Gasteiger partial charge in [0.05, 0.1) is 21.6 Å². The van der Waals surface area contributed by atoms with E-state index in [-0.39, 0.29) is 11.9 Å². The van der Waals surface area contributed by atoms with Crippen LogP contribution in [0.3, 0.4) is 0 Å². The van der Waals surface area contributed by atoms with Gasteiger partial charge in [-0.05, 0) is 19.1 Å². The van der Waals surface area contributed by atoms with Gasteiger partial charge in [0, 0.05) is 19.5 Å². The number of ketones is 1. The Hall–Kier alpha value is -0.720. The van der Waals surface area contributed by atoms with Gasteiger partial charge < -0.3 is 15.7 Å². The first-order chi connectivity index (χ1) is 9.08. The number of carbonyl (C=O) groups excluding carboxylic acids is 1. The average molecular weight is 300 g/mol. The number of hydrogen-bond acceptors (Lipinski definition) is 6. The van der Waals surface area contributed by atoms with Crippen molar-refractivity contribution in [3.8, 4) is 0 Å². The predicted octanol–water partition coefficient (Wildman–Crippen LogP) is 2.61. The molecule has 1 aromatic rings. The van der Waals surface area contributed by atoms with E-state index in [0.29, 0.717) is 23.5 Å². The molecule has 0 aliphatic carbocycles. The van der Waals surface area contributed by atoms with E-state index in [0.717, 1.165) is 29.3 Å². The van der Waals surface area contributed by atoms with Crippen LogP contribution in [-0.4, -0.2) is 36.3 Å². The highest BCUT2D eigenvalue weighted by Gasteiger charge is 2.26. The van der Waals surface area contributed by atoms with Crippen molar-refractivity contribution in [1.82, 2.24) is 0 Å². The monoisotopic (exact) mass is 300 g/mol. The zero-order valence-corrected chi connectivity index (χ0v) is 12.9. The summed E-state index contributed by atoms with van der Waals surface area (Å²) in [5.74, 6) is 0.0987. The lowest BCUT2D eigenvalue weighted by Gasteiger charge is -2.31. The van der Waals surface area contributed by atoms with Crippen LogP contribution in [0.15, 0.2) is 4.90 Å². The first-order valence-electron chi connectivity index (χ1n) is 6.50. The van der Waals surface area contributed by atoms with Crippen molar-refractivity contribution in [3.63, 3.8) is 0 Å². The lowest BCUT2D eigenvalue weighted by Crippen LogP contribution is -2.38. The third-order valence-electron chi connectivity index (χ3n) is 3.34. The molecule has 1 fully saturated rings. The molecule has 0 saturated carbocycles. The molecule has 0 spiro atoms. The third kappa shape index (κ3) is 2.90. The van der Waals surface area contributed by atoms with Crippen molar-refractivity contribution in [2.45, 2.75) is 37.2 Å². The van der Waals surface area contributed by atoms with Crippen LogP contribution in [0.4, 0.5) is 10.7 Å². The standard InChI is InChI=1S/C13H20N2O2S2/c1-3-9(17)11-10(14)12(18-2)13(19-11)15-6-4-5-8(16)7-15/h8,16H,3-7,14H2,1-2H3. The van der Waals surface area contributed by atoms with Gasteiger partial charge in [-0.3, -0.25) is 4.79 Å². The van der Waals surface area contributed by atoms with E-state index in [4.69, 9.17) is 5.73 Å². The number of aliphatic hydroxyl groups is 1. The number of thiophene rings is 1. The quantitative estimate of drug-likeness (QED) is 0.661. The van der Waals surface area contributed by atoms with Gasteiger partial charge in [0.25, 0.3) is 0 Å². The molecule has 1 saturated heterocycles. The van der Waals surface area contributed by atoms with Gasteiger partial charge in [-0.25, -0.2) is 0 Å². The fourth-order valence-electron chi connectivity index (χ4n) is 2.33. The minimum Gasteiger partial charge on any atom is -0.396 e. The van der Waals surface area contributed by atoms with Gasteiger partial charge in [-0.1, -0.05) is 6.92 Å². The van der Waals surface area contributed by atoms with Crippen molar-refractivity contribution in [2.75, 3.05) is 30.0 Å². The van der Waals surface area contributed by atoms with Crippen LogP contribution < -0.4 is 10.6 Å². The molecule has 3 N–H and O–H groups in total. The van der Waals surface area contributed by atoms with E-state index in [1.54, 1.807) is 11.8 Å². The Morgan fingerprint density at radius 2 is 2.37 bits per heavy atom. The highest BCUT2D eigenvalue weighted by atomic mass is 32.2. The summed E-state index contributed by atoms with van der Waals surface area (Å²) in [6.07, 6.45) is 4.00. The number of piperidine rings is 1. The fourth-order valence-corrected chi connectivity index (χ4v) is 4.56. The number of thioether (sulfide) groups is 1. The van der Waals surface area contributed by atoms with Crippen LogP contribution in [0, 0.1) is 0 Å². The Morgan fingerprint density at radius 1 is 1.63 bits per heavy atom. The molecular weight excluding hydrogens is 280 g/mol.